The van der Waals surface area contributed by atoms with E-state index in [1.54, 1.807) is 12.1 Å². The van der Waals surface area contributed by atoms with Crippen molar-refractivity contribution < 1.29 is 8.78 Å². The number of fused-ring (bicyclic) bond motifs is 1. The molecule has 0 radical (unpaired) electrons. The third-order valence-electron chi connectivity index (χ3n) is 2.16. The molecular weight excluding hydrogens is 260 g/mol. The summed E-state index contributed by atoms with van der Waals surface area (Å²) in [6, 6.07) is 7.07. The van der Waals surface area contributed by atoms with Crippen LogP contribution in [0.3, 0.4) is 0 Å². The molecule has 8 heteroatoms. The Balaban J connectivity index is 1.92. The van der Waals surface area contributed by atoms with Crippen molar-refractivity contribution in [2.45, 2.75) is 9.92 Å². The summed E-state index contributed by atoms with van der Waals surface area (Å²) in [5.74, 6) is -1.76. The highest BCUT2D eigenvalue weighted by molar-refractivity contribution is 7.99. The van der Waals surface area contributed by atoms with Gasteiger partial charge in [-0.15, -0.1) is 14.8 Å². The van der Waals surface area contributed by atoms with Gasteiger partial charge in [0.2, 0.25) is 0 Å². The topological polar surface area (TPSA) is 56.0 Å². The molecule has 0 aliphatic carbocycles. The van der Waals surface area contributed by atoms with E-state index in [0.29, 0.717) is 15.6 Å². The van der Waals surface area contributed by atoms with Crippen molar-refractivity contribution in [3.05, 3.63) is 42.0 Å². The highest BCUT2D eigenvalue weighted by Crippen LogP contribution is 2.26. The molecule has 2 heterocycles. The summed E-state index contributed by atoms with van der Waals surface area (Å²) >= 11 is 1.19. The van der Waals surface area contributed by atoms with Crippen LogP contribution in [0.5, 0.6) is 0 Å². The quantitative estimate of drug-likeness (QED) is 0.708. The van der Waals surface area contributed by atoms with Crippen molar-refractivity contribution in [3.63, 3.8) is 0 Å². The molecule has 1 aromatic carbocycles. The van der Waals surface area contributed by atoms with Gasteiger partial charge in [-0.05, 0) is 40.8 Å². The van der Waals surface area contributed by atoms with Gasteiger partial charge in [-0.3, -0.25) is 0 Å². The summed E-state index contributed by atoms with van der Waals surface area (Å²) in [5, 5.41) is 15.5. The zero-order valence-electron chi connectivity index (χ0n) is 8.79. The minimum absolute atomic E-state index is 0.518. The van der Waals surface area contributed by atoms with Crippen LogP contribution in [0, 0.1) is 11.6 Å². The fourth-order valence-electron chi connectivity index (χ4n) is 1.35. The summed E-state index contributed by atoms with van der Waals surface area (Å²) in [6.45, 7) is 0. The Hall–Kier alpha value is -2.09. The molecule has 0 bridgehead atoms. The average Bonchev–Trinajstić information content (AvgIpc) is 2.81. The predicted octanol–water partition coefficient (Wildman–Crippen LogP) is 1.95. The number of tetrazole rings is 1. The van der Waals surface area contributed by atoms with Gasteiger partial charge in [0.25, 0.3) is 0 Å². The molecule has 0 atom stereocenters. The van der Waals surface area contributed by atoms with Gasteiger partial charge in [-0.25, -0.2) is 8.78 Å². The molecule has 0 amide bonds. The van der Waals surface area contributed by atoms with Gasteiger partial charge in [0.1, 0.15) is 5.03 Å². The van der Waals surface area contributed by atoms with Gasteiger partial charge in [0.05, 0.1) is 0 Å². The molecule has 90 valence electrons. The Morgan fingerprint density at radius 2 is 1.94 bits per heavy atom. The number of rotatable bonds is 2. The van der Waals surface area contributed by atoms with Crippen LogP contribution in [-0.4, -0.2) is 25.3 Å². The predicted molar refractivity (Wildman–Crippen MR) is 59.1 cm³/mol. The van der Waals surface area contributed by atoms with Gasteiger partial charge < -0.3 is 0 Å². The largest absolute Gasteiger partial charge is 0.204 e. The minimum atomic E-state index is -0.886. The van der Waals surface area contributed by atoms with Crippen LogP contribution in [0.15, 0.2) is 40.3 Å². The highest BCUT2D eigenvalue weighted by Gasteiger charge is 2.06. The van der Waals surface area contributed by atoms with E-state index in [9.17, 15) is 8.78 Å². The van der Waals surface area contributed by atoms with Crippen molar-refractivity contribution in [2.24, 2.45) is 0 Å². The number of aromatic nitrogens is 5. The number of nitrogens with zero attached hydrogens (tertiary/aromatic N) is 5. The van der Waals surface area contributed by atoms with Crippen LogP contribution < -0.4 is 0 Å². The molecule has 2 aromatic heterocycles. The van der Waals surface area contributed by atoms with Crippen LogP contribution in [-0.2, 0) is 0 Å². The molecule has 0 aliphatic heterocycles. The molecule has 0 unspecified atom stereocenters. The summed E-state index contributed by atoms with van der Waals surface area (Å²) in [5.41, 5.74) is 0.518. The van der Waals surface area contributed by atoms with Crippen LogP contribution in [0.4, 0.5) is 8.78 Å². The van der Waals surface area contributed by atoms with Gasteiger partial charge >= 0.3 is 0 Å². The maximum absolute atomic E-state index is 13.0. The molecule has 18 heavy (non-hydrogen) atoms. The van der Waals surface area contributed by atoms with Crippen LogP contribution in [0.1, 0.15) is 0 Å². The molecule has 0 fully saturated rings. The first-order chi connectivity index (χ1) is 8.72. The lowest BCUT2D eigenvalue weighted by Crippen LogP contribution is -1.95. The van der Waals surface area contributed by atoms with E-state index in [1.807, 2.05) is 0 Å². The van der Waals surface area contributed by atoms with Gasteiger partial charge in [-0.2, -0.15) is 0 Å². The summed E-state index contributed by atoms with van der Waals surface area (Å²) in [4.78, 5) is 0.550. The molecule has 0 spiro atoms. The van der Waals surface area contributed by atoms with E-state index in [2.05, 4.69) is 20.6 Å². The standard InChI is InChI=1S/C10H5F2N5S/c11-7-2-1-6(5-8(7)12)18-10-4-3-9-13-15-16-17(9)14-10/h1-5H. The van der Waals surface area contributed by atoms with E-state index in [1.165, 1.54) is 22.5 Å². The highest BCUT2D eigenvalue weighted by atomic mass is 32.2. The third-order valence-corrected chi connectivity index (χ3v) is 3.08. The van der Waals surface area contributed by atoms with Crippen molar-refractivity contribution in [3.8, 4) is 0 Å². The number of hydrogen-bond acceptors (Lipinski definition) is 5. The number of halogens is 2. The molecule has 0 saturated heterocycles. The second-order valence-electron chi connectivity index (χ2n) is 3.38. The summed E-state index contributed by atoms with van der Waals surface area (Å²) < 4.78 is 27.1. The van der Waals surface area contributed by atoms with Crippen LogP contribution in [0.2, 0.25) is 0 Å². The molecule has 5 nitrogen and oxygen atoms in total. The summed E-state index contributed by atoms with van der Waals surface area (Å²) in [6.07, 6.45) is 0. The second-order valence-corrected chi connectivity index (χ2v) is 4.47. The lowest BCUT2D eigenvalue weighted by atomic mass is 10.3. The van der Waals surface area contributed by atoms with E-state index in [0.717, 1.165) is 12.1 Å². The van der Waals surface area contributed by atoms with Crippen LogP contribution >= 0.6 is 11.8 Å². The molecular formula is C10H5F2N5S. The fourth-order valence-corrected chi connectivity index (χ4v) is 2.14. The van der Waals surface area contributed by atoms with Gasteiger partial charge in [0, 0.05) is 4.90 Å². The Morgan fingerprint density at radius 3 is 2.78 bits per heavy atom. The molecule has 3 aromatic rings. The summed E-state index contributed by atoms with van der Waals surface area (Å²) in [7, 11) is 0. The first kappa shape index (κ1) is 11.0. The average molecular weight is 265 g/mol. The number of benzene rings is 1. The first-order valence-corrected chi connectivity index (χ1v) is 5.72. The maximum atomic E-state index is 13.0. The zero-order valence-corrected chi connectivity index (χ0v) is 9.60. The van der Waals surface area contributed by atoms with Crippen molar-refractivity contribution >= 4 is 17.4 Å². The Labute approximate surface area is 104 Å². The monoisotopic (exact) mass is 265 g/mol. The van der Waals surface area contributed by atoms with E-state index < -0.39 is 11.6 Å². The first-order valence-electron chi connectivity index (χ1n) is 4.91. The number of hydrogen-bond donors (Lipinski definition) is 0. The third kappa shape index (κ3) is 2.02. The van der Waals surface area contributed by atoms with Crippen LogP contribution in [0.25, 0.3) is 5.65 Å². The smallest absolute Gasteiger partial charge is 0.200 e. The van der Waals surface area contributed by atoms with Gasteiger partial charge in [0.15, 0.2) is 17.3 Å². The Bertz CT molecular complexity index is 714. The SMILES string of the molecule is Fc1ccc(Sc2ccc3nnnn3n2)cc1F. The van der Waals surface area contributed by atoms with E-state index >= 15 is 0 Å². The van der Waals surface area contributed by atoms with Crippen molar-refractivity contribution in [2.75, 3.05) is 0 Å². The Morgan fingerprint density at radius 1 is 1.06 bits per heavy atom. The lowest BCUT2D eigenvalue weighted by molar-refractivity contribution is 0.506. The van der Waals surface area contributed by atoms with Crippen molar-refractivity contribution in [1.82, 2.24) is 25.3 Å². The van der Waals surface area contributed by atoms with Crippen molar-refractivity contribution in [1.29, 1.82) is 0 Å². The van der Waals surface area contributed by atoms with E-state index in [4.69, 9.17) is 0 Å². The minimum Gasteiger partial charge on any atom is -0.204 e. The molecule has 0 aliphatic rings. The zero-order chi connectivity index (χ0) is 12.5. The van der Waals surface area contributed by atoms with E-state index in [-0.39, 0.29) is 0 Å². The maximum Gasteiger partial charge on any atom is 0.200 e. The Kier molecular flexibility index (Phi) is 2.63. The van der Waals surface area contributed by atoms with Gasteiger partial charge in [-0.1, -0.05) is 11.8 Å². The fraction of sp³-hybridized carbons (Fsp3) is 0. The lowest BCUT2D eigenvalue weighted by Gasteiger charge is -2.01. The molecule has 0 saturated carbocycles. The molecule has 0 N–H and O–H groups in total. The normalized spacial score (nSPS) is 11.0. The second kappa shape index (κ2) is 4.30. The molecule has 3 rings (SSSR count).